The van der Waals surface area contributed by atoms with Crippen LogP contribution in [0.3, 0.4) is 0 Å². The molecule has 3 aromatic carbocycles. The van der Waals surface area contributed by atoms with Crippen molar-refractivity contribution in [3.05, 3.63) is 117 Å². The van der Waals surface area contributed by atoms with Gasteiger partial charge in [0.05, 0.1) is 11.1 Å². The minimum atomic E-state index is -0.937. The van der Waals surface area contributed by atoms with Gasteiger partial charge in [0.15, 0.2) is 0 Å². The summed E-state index contributed by atoms with van der Waals surface area (Å²) in [6.07, 6.45) is 8.44. The number of carboxylic acids is 2. The smallest absolute Gasteiger partial charge is 0.335 e. The molecule has 2 aliphatic rings. The van der Waals surface area contributed by atoms with E-state index in [0.717, 1.165) is 105 Å². The lowest BCUT2D eigenvalue weighted by molar-refractivity contribution is -0.137. The lowest BCUT2D eigenvalue weighted by Gasteiger charge is -2.25. The Morgan fingerprint density at radius 2 is 1.47 bits per heavy atom. The van der Waals surface area contributed by atoms with Crippen LogP contribution in [-0.4, -0.2) is 76.5 Å². The van der Waals surface area contributed by atoms with Crippen molar-refractivity contribution in [2.45, 2.75) is 76.8 Å². The molecule has 0 saturated heterocycles. The number of carbonyl (C=O) groups is 4. The second-order valence-electron chi connectivity index (χ2n) is 14.2. The molecule has 2 aliphatic carbocycles. The number of benzene rings is 3. The zero-order valence-electron chi connectivity index (χ0n) is 30.2. The number of nitrogens with one attached hydrogen (secondary N) is 2. The van der Waals surface area contributed by atoms with Crippen molar-refractivity contribution in [3.63, 3.8) is 0 Å². The number of thiophene rings is 1. The molecule has 4 N–H and O–H groups in total. The van der Waals surface area contributed by atoms with Gasteiger partial charge in [0.1, 0.15) is 5.00 Å². The number of carboxylic acid groups (broad SMARTS) is 2. The zero-order chi connectivity index (χ0) is 37.3. The van der Waals surface area contributed by atoms with E-state index in [1.807, 2.05) is 61.6 Å². The first-order chi connectivity index (χ1) is 25.6. The molecule has 10 nitrogen and oxygen atoms in total. The van der Waals surface area contributed by atoms with E-state index in [9.17, 15) is 19.2 Å². The van der Waals surface area contributed by atoms with Crippen molar-refractivity contribution < 1.29 is 29.4 Å². The van der Waals surface area contributed by atoms with Gasteiger partial charge in [-0.2, -0.15) is 0 Å². The highest BCUT2D eigenvalue weighted by atomic mass is 32.1. The van der Waals surface area contributed by atoms with Crippen molar-refractivity contribution in [3.8, 4) is 0 Å². The average molecular weight is 737 g/mol. The molecule has 6 rings (SSSR count). The summed E-state index contributed by atoms with van der Waals surface area (Å²) in [7, 11) is 2.03. The summed E-state index contributed by atoms with van der Waals surface area (Å²) in [5.41, 5.74) is 6.30. The van der Waals surface area contributed by atoms with Gasteiger partial charge in [0.25, 0.3) is 11.8 Å². The van der Waals surface area contributed by atoms with Crippen molar-refractivity contribution in [2.75, 3.05) is 37.3 Å². The van der Waals surface area contributed by atoms with Crippen LogP contribution in [0.4, 0.5) is 10.7 Å². The van der Waals surface area contributed by atoms with Crippen molar-refractivity contribution in [1.82, 2.24) is 9.80 Å². The lowest BCUT2D eigenvalue weighted by Crippen LogP contribution is -2.35. The molecule has 0 aliphatic heterocycles. The van der Waals surface area contributed by atoms with Crippen LogP contribution in [0.5, 0.6) is 0 Å². The molecule has 53 heavy (non-hydrogen) atoms. The molecule has 2 amide bonds. The Kier molecular flexibility index (Phi) is 12.7. The van der Waals surface area contributed by atoms with Crippen LogP contribution < -0.4 is 10.6 Å². The number of aryl methyl sites for hydroxylation is 3. The number of carbonyl (C=O) groups excluding carboxylic acids is 2. The Hall–Kier alpha value is -4.84. The molecule has 1 heterocycles. The monoisotopic (exact) mass is 736 g/mol. The number of aliphatic carboxylic acids is 1. The van der Waals surface area contributed by atoms with Crippen LogP contribution in [0.25, 0.3) is 0 Å². The lowest BCUT2D eigenvalue weighted by atomic mass is 9.95. The van der Waals surface area contributed by atoms with E-state index in [0.29, 0.717) is 34.3 Å². The van der Waals surface area contributed by atoms with E-state index in [2.05, 4.69) is 26.5 Å². The van der Waals surface area contributed by atoms with Gasteiger partial charge >= 0.3 is 11.9 Å². The topological polar surface area (TPSA) is 139 Å². The van der Waals surface area contributed by atoms with Gasteiger partial charge in [-0.3, -0.25) is 19.3 Å². The molecular weight excluding hydrogens is 689 g/mol. The summed E-state index contributed by atoms with van der Waals surface area (Å²) in [5, 5.41) is 24.8. The van der Waals surface area contributed by atoms with E-state index in [-0.39, 0.29) is 23.8 Å². The SMILES string of the molecule is CN(CCCC(=O)O)CCN(Cc1cccc(C(=O)Nc2sc3c(c2C(=O)Nc2ccc(CCc4ccc(C(=O)O)cc4)cc2)CCCC3)c1)C1CC1. The van der Waals surface area contributed by atoms with Crippen LogP contribution in [0, 0.1) is 0 Å². The first-order valence-corrected chi connectivity index (χ1v) is 19.4. The summed E-state index contributed by atoms with van der Waals surface area (Å²) in [4.78, 5) is 55.4. The minimum absolute atomic E-state index is 0.178. The Morgan fingerprint density at radius 1 is 0.774 bits per heavy atom. The van der Waals surface area contributed by atoms with Gasteiger partial charge in [0.2, 0.25) is 0 Å². The van der Waals surface area contributed by atoms with E-state index >= 15 is 0 Å². The highest BCUT2D eigenvalue weighted by Crippen LogP contribution is 2.39. The van der Waals surface area contributed by atoms with Gasteiger partial charge < -0.3 is 25.7 Å². The van der Waals surface area contributed by atoms with Crippen molar-refractivity contribution in [2.24, 2.45) is 0 Å². The number of fused-ring (bicyclic) bond motifs is 1. The molecule has 0 unspecified atom stereocenters. The van der Waals surface area contributed by atoms with E-state index in [1.54, 1.807) is 12.1 Å². The number of likely N-dealkylation sites (N-methyl/N-ethyl adjacent to an activating group) is 1. The van der Waals surface area contributed by atoms with Crippen LogP contribution in [-0.2, 0) is 37.0 Å². The number of hydrogen-bond donors (Lipinski definition) is 4. The normalized spacial score (nSPS) is 13.9. The van der Waals surface area contributed by atoms with E-state index < -0.39 is 11.9 Å². The number of aromatic carboxylic acids is 1. The van der Waals surface area contributed by atoms with Gasteiger partial charge in [-0.1, -0.05) is 36.4 Å². The molecule has 11 heteroatoms. The van der Waals surface area contributed by atoms with Gasteiger partial charge in [0, 0.05) is 48.2 Å². The molecular formula is C42H48N4O6S. The van der Waals surface area contributed by atoms with Crippen molar-refractivity contribution >= 4 is 45.8 Å². The highest BCUT2D eigenvalue weighted by molar-refractivity contribution is 7.17. The third-order valence-electron chi connectivity index (χ3n) is 10.1. The molecule has 1 saturated carbocycles. The summed E-state index contributed by atoms with van der Waals surface area (Å²) < 4.78 is 0. The van der Waals surface area contributed by atoms with Crippen molar-refractivity contribution in [1.29, 1.82) is 0 Å². The summed E-state index contributed by atoms with van der Waals surface area (Å²) in [5.74, 6) is -2.17. The molecule has 278 valence electrons. The minimum Gasteiger partial charge on any atom is -0.481 e. The Morgan fingerprint density at radius 3 is 2.15 bits per heavy atom. The third kappa shape index (κ3) is 10.6. The Bertz CT molecular complexity index is 1920. The summed E-state index contributed by atoms with van der Waals surface area (Å²) in [6, 6.07) is 22.9. The largest absolute Gasteiger partial charge is 0.481 e. The standard InChI is InChI=1S/C42H48N4O6S/c1-45(23-5-10-37(47)48)24-25-46(34-21-22-34)27-30-6-4-7-32(26-30)39(49)44-41-38(35-8-2-3-9-36(35)53-41)40(50)43-33-19-15-29(16-20-33)12-11-28-13-17-31(18-14-28)42(51)52/h4,6-7,13-20,26,34H,2-3,5,8-12,21-25,27H2,1H3,(H,43,50)(H,44,49)(H,47,48)(H,51,52). The number of rotatable bonds is 18. The molecule has 1 aromatic heterocycles. The number of nitrogens with zero attached hydrogens (tertiary/aromatic N) is 2. The summed E-state index contributed by atoms with van der Waals surface area (Å²) >= 11 is 1.51. The molecule has 4 aromatic rings. The van der Waals surface area contributed by atoms with Crippen LogP contribution in [0.1, 0.15) is 96.7 Å². The number of hydrogen-bond acceptors (Lipinski definition) is 7. The van der Waals surface area contributed by atoms with Gasteiger partial charge in [-0.15, -0.1) is 11.3 Å². The maximum absolute atomic E-state index is 13.9. The molecule has 1 fully saturated rings. The first kappa shape index (κ1) is 37.9. The summed E-state index contributed by atoms with van der Waals surface area (Å²) in [6.45, 7) is 3.20. The number of amides is 2. The third-order valence-corrected chi connectivity index (χ3v) is 11.3. The maximum Gasteiger partial charge on any atom is 0.335 e. The van der Waals surface area contributed by atoms with E-state index in [1.165, 1.54) is 11.3 Å². The highest BCUT2D eigenvalue weighted by Gasteiger charge is 2.30. The fraction of sp³-hybridized carbons (Fsp3) is 0.381. The predicted octanol–water partition coefficient (Wildman–Crippen LogP) is 7.38. The Balaban J connectivity index is 1.08. The average Bonchev–Trinajstić information content (AvgIpc) is 3.93. The van der Waals surface area contributed by atoms with Gasteiger partial charge in [-0.25, -0.2) is 4.79 Å². The number of anilines is 2. The predicted molar refractivity (Wildman–Crippen MR) is 208 cm³/mol. The second kappa shape index (κ2) is 17.8. The zero-order valence-corrected chi connectivity index (χ0v) is 31.1. The molecule has 0 spiro atoms. The van der Waals surface area contributed by atoms with Crippen LogP contribution in [0.15, 0.2) is 72.8 Å². The fourth-order valence-corrected chi connectivity index (χ4v) is 8.19. The molecule has 0 radical (unpaired) electrons. The fourth-order valence-electron chi connectivity index (χ4n) is 6.91. The maximum atomic E-state index is 13.9. The second-order valence-corrected chi connectivity index (χ2v) is 15.3. The quantitative estimate of drug-likeness (QED) is 0.0831. The molecule has 0 atom stereocenters. The Labute approximate surface area is 314 Å². The first-order valence-electron chi connectivity index (χ1n) is 18.5. The van der Waals surface area contributed by atoms with Gasteiger partial charge in [-0.05, 0) is 130 Å². The molecule has 0 bridgehead atoms. The van der Waals surface area contributed by atoms with Crippen LogP contribution in [0.2, 0.25) is 0 Å². The van der Waals surface area contributed by atoms with E-state index in [4.69, 9.17) is 10.2 Å². The van der Waals surface area contributed by atoms with Crippen LogP contribution >= 0.6 is 11.3 Å².